The summed E-state index contributed by atoms with van der Waals surface area (Å²) in [5.41, 5.74) is 1.99. The number of oxazole rings is 2. The van der Waals surface area contributed by atoms with Crippen molar-refractivity contribution in [1.82, 2.24) is 15.3 Å². The van der Waals surface area contributed by atoms with Gasteiger partial charge in [0.25, 0.3) is 0 Å². The Bertz CT molecular complexity index is 1850. The summed E-state index contributed by atoms with van der Waals surface area (Å²) in [6.45, 7) is 6.97. The van der Waals surface area contributed by atoms with Crippen LogP contribution in [0.4, 0.5) is 10.1 Å². The molecule has 0 saturated carbocycles. The number of rotatable bonds is 7. The molecule has 0 aliphatic carbocycles. The van der Waals surface area contributed by atoms with Crippen LogP contribution in [0.5, 0.6) is 5.75 Å². The van der Waals surface area contributed by atoms with Crippen LogP contribution in [-0.4, -0.2) is 44.2 Å². The molecule has 11 nitrogen and oxygen atoms in total. The molecular formula is C34H35FN4O7. The van der Waals surface area contributed by atoms with Crippen molar-refractivity contribution in [2.24, 2.45) is 17.8 Å². The number of Topliss-reactive ketones (excluding diaryl/α,β-unsaturated/α-hetero) is 1. The van der Waals surface area contributed by atoms with Crippen LogP contribution in [0.2, 0.25) is 0 Å². The monoisotopic (exact) mass is 630 g/mol. The van der Waals surface area contributed by atoms with Crippen LogP contribution in [0.3, 0.4) is 0 Å². The lowest BCUT2D eigenvalue weighted by atomic mass is 9.72. The van der Waals surface area contributed by atoms with Crippen molar-refractivity contribution in [3.8, 4) is 17.3 Å². The number of carbonyl (C=O) groups excluding carboxylic acids is 2. The van der Waals surface area contributed by atoms with E-state index in [0.29, 0.717) is 34.0 Å². The number of aliphatic hydroxyl groups excluding tert-OH is 2. The first kappa shape index (κ1) is 30.1. The number of nitrogens with one attached hydrogen (secondary N) is 2. The standard InChI is InChI=1S/C34H35FN4O7/c1-15(2)26-32-39-27(31-36-20(13-40)14-44-31)29(46-32)34-21-7-6-19(35)12-23(21)37-33(34)45-25-8-5-17(10-22(25)34)9-18(30(43)38-26)11-24(41)28(42)16(3)4/h5-8,10,12,14-16,18,26,28,33,37,40,42H,9,11,13H2,1-4H3,(H,38,43)/t18?,26-,28-,33-,34?/m0/s1. The summed E-state index contributed by atoms with van der Waals surface area (Å²) in [7, 11) is 0. The summed E-state index contributed by atoms with van der Waals surface area (Å²) in [6, 6.07) is 9.31. The Labute approximate surface area is 264 Å². The van der Waals surface area contributed by atoms with Gasteiger partial charge in [0, 0.05) is 23.6 Å². The first-order valence-electron chi connectivity index (χ1n) is 15.5. The van der Waals surface area contributed by atoms with Gasteiger partial charge < -0.3 is 34.4 Å². The number of aromatic nitrogens is 2. The van der Waals surface area contributed by atoms with E-state index in [0.717, 1.165) is 5.56 Å². The maximum absolute atomic E-state index is 14.6. The molecule has 5 atom stereocenters. The van der Waals surface area contributed by atoms with Gasteiger partial charge in [-0.1, -0.05) is 45.9 Å². The molecular weight excluding hydrogens is 595 g/mol. The van der Waals surface area contributed by atoms with Crippen LogP contribution < -0.4 is 15.4 Å². The van der Waals surface area contributed by atoms with Gasteiger partial charge in [-0.2, -0.15) is 0 Å². The number of ether oxygens (including phenoxy) is 1. The highest BCUT2D eigenvalue weighted by atomic mass is 19.1. The van der Waals surface area contributed by atoms with Crippen molar-refractivity contribution in [1.29, 1.82) is 0 Å². The van der Waals surface area contributed by atoms with Crippen molar-refractivity contribution in [3.05, 3.63) is 82.5 Å². The van der Waals surface area contributed by atoms with Crippen LogP contribution in [-0.2, 0) is 28.0 Å². The molecule has 12 heteroatoms. The van der Waals surface area contributed by atoms with Gasteiger partial charge in [0.2, 0.25) is 17.7 Å². The number of fused-ring (bicyclic) bond motifs is 4. The maximum atomic E-state index is 14.6. The molecule has 2 aromatic heterocycles. The second-order valence-corrected chi connectivity index (χ2v) is 13.0. The van der Waals surface area contributed by atoms with Gasteiger partial charge in [-0.05, 0) is 47.6 Å². The molecule has 4 N–H and O–H groups in total. The molecule has 0 fully saturated rings. The van der Waals surface area contributed by atoms with E-state index in [-0.39, 0.29) is 54.7 Å². The van der Waals surface area contributed by atoms with Crippen molar-refractivity contribution >= 4 is 17.4 Å². The van der Waals surface area contributed by atoms with Crippen LogP contribution >= 0.6 is 0 Å². The zero-order valence-electron chi connectivity index (χ0n) is 25.8. The third kappa shape index (κ3) is 4.61. The normalized spacial score (nSPS) is 23.6. The van der Waals surface area contributed by atoms with E-state index >= 15 is 0 Å². The van der Waals surface area contributed by atoms with Crippen molar-refractivity contribution in [3.63, 3.8) is 0 Å². The zero-order valence-corrected chi connectivity index (χ0v) is 25.8. The van der Waals surface area contributed by atoms with E-state index in [4.69, 9.17) is 18.6 Å². The summed E-state index contributed by atoms with van der Waals surface area (Å²) in [4.78, 5) is 36.4. The van der Waals surface area contributed by atoms with Crippen molar-refractivity contribution in [2.75, 3.05) is 5.32 Å². The molecule has 4 bridgehead atoms. The molecule has 240 valence electrons. The number of halogens is 1. The molecule has 0 saturated heterocycles. The highest BCUT2D eigenvalue weighted by Crippen LogP contribution is 2.59. The quantitative estimate of drug-likeness (QED) is 0.231. The van der Waals surface area contributed by atoms with E-state index < -0.39 is 41.3 Å². The average molecular weight is 631 g/mol. The van der Waals surface area contributed by atoms with E-state index in [9.17, 15) is 24.2 Å². The third-order valence-corrected chi connectivity index (χ3v) is 9.21. The second kappa shape index (κ2) is 11.1. The van der Waals surface area contributed by atoms with Gasteiger partial charge >= 0.3 is 0 Å². The summed E-state index contributed by atoms with van der Waals surface area (Å²) >= 11 is 0. The Morgan fingerprint density at radius 2 is 1.91 bits per heavy atom. The third-order valence-electron chi connectivity index (χ3n) is 9.21. The highest BCUT2D eigenvalue weighted by Gasteiger charge is 2.61. The number of ketones is 1. The largest absolute Gasteiger partial charge is 0.469 e. The summed E-state index contributed by atoms with van der Waals surface area (Å²) < 4.78 is 33.5. The topological polar surface area (TPSA) is 160 Å². The molecule has 5 heterocycles. The van der Waals surface area contributed by atoms with E-state index in [1.807, 2.05) is 32.0 Å². The SMILES string of the molecule is CC(C)[C@H](O)C(=O)CC1Cc2ccc3c(c2)C2(c4ccc(F)cc4N[C@H]2O3)c2oc(nc2-c2nc(CO)co2)[C@H](C(C)C)NC1=O. The van der Waals surface area contributed by atoms with Crippen LogP contribution in [0.15, 0.2) is 51.5 Å². The summed E-state index contributed by atoms with van der Waals surface area (Å²) in [5.74, 6) is -1.38. The number of hydrogen-bond donors (Lipinski definition) is 4. The lowest BCUT2D eigenvalue weighted by Gasteiger charge is -2.28. The average Bonchev–Trinajstić information content (AvgIpc) is 3.79. The predicted molar refractivity (Wildman–Crippen MR) is 162 cm³/mol. The lowest BCUT2D eigenvalue weighted by molar-refractivity contribution is -0.135. The van der Waals surface area contributed by atoms with Crippen LogP contribution in [0.1, 0.15) is 74.2 Å². The molecule has 1 spiro atoms. The molecule has 3 aliphatic heterocycles. The van der Waals surface area contributed by atoms with E-state index in [1.165, 1.54) is 18.4 Å². The number of nitrogens with zero attached hydrogens (tertiary/aromatic N) is 2. The number of hydrogen-bond acceptors (Lipinski definition) is 10. The van der Waals surface area contributed by atoms with Crippen molar-refractivity contribution < 1.29 is 37.8 Å². The molecule has 7 rings (SSSR count). The smallest absolute Gasteiger partial charge is 0.249 e. The summed E-state index contributed by atoms with van der Waals surface area (Å²) in [6.07, 6.45) is -0.586. The fourth-order valence-corrected chi connectivity index (χ4v) is 6.81. The maximum Gasteiger partial charge on any atom is 0.249 e. The molecule has 2 unspecified atom stereocenters. The molecule has 3 aliphatic rings. The van der Waals surface area contributed by atoms with Gasteiger partial charge in [-0.3, -0.25) is 9.59 Å². The predicted octanol–water partition coefficient (Wildman–Crippen LogP) is 4.40. The molecule has 4 aromatic rings. The van der Waals surface area contributed by atoms with Gasteiger partial charge in [-0.25, -0.2) is 14.4 Å². The Kier molecular flexibility index (Phi) is 7.24. The van der Waals surface area contributed by atoms with Crippen molar-refractivity contribution in [2.45, 2.75) is 70.9 Å². The minimum Gasteiger partial charge on any atom is -0.469 e. The minimum absolute atomic E-state index is 0.0946. The number of benzene rings is 2. The van der Waals surface area contributed by atoms with Gasteiger partial charge in [0.05, 0.1) is 6.61 Å². The minimum atomic E-state index is -1.20. The fourth-order valence-electron chi connectivity index (χ4n) is 6.81. The van der Waals surface area contributed by atoms with Crippen LogP contribution in [0.25, 0.3) is 11.6 Å². The first-order valence-corrected chi connectivity index (χ1v) is 15.5. The molecule has 1 amide bonds. The number of amides is 1. The fraction of sp³-hybridized carbons (Fsp3) is 0.412. The lowest BCUT2D eigenvalue weighted by Crippen LogP contribution is -2.41. The van der Waals surface area contributed by atoms with E-state index in [1.54, 1.807) is 19.9 Å². The van der Waals surface area contributed by atoms with Crippen LogP contribution in [0, 0.1) is 23.6 Å². The Morgan fingerprint density at radius 1 is 1.11 bits per heavy atom. The Morgan fingerprint density at radius 3 is 2.63 bits per heavy atom. The number of anilines is 1. The first-order chi connectivity index (χ1) is 22.0. The zero-order chi connectivity index (χ0) is 32.5. The van der Waals surface area contributed by atoms with Gasteiger partial charge in [0.1, 0.15) is 41.1 Å². The Hall–Kier alpha value is -4.55. The van der Waals surface area contributed by atoms with Gasteiger partial charge in [0.15, 0.2) is 23.5 Å². The number of carbonyl (C=O) groups is 2. The highest BCUT2D eigenvalue weighted by molar-refractivity contribution is 5.89. The number of aliphatic hydroxyl groups is 2. The van der Waals surface area contributed by atoms with E-state index in [2.05, 4.69) is 15.6 Å². The van der Waals surface area contributed by atoms with Gasteiger partial charge in [-0.15, -0.1) is 0 Å². The molecule has 46 heavy (non-hydrogen) atoms. The second-order valence-electron chi connectivity index (χ2n) is 13.0. The Balaban J connectivity index is 1.49. The summed E-state index contributed by atoms with van der Waals surface area (Å²) in [5, 5.41) is 26.7. The molecule has 2 aromatic carbocycles. The molecule has 0 radical (unpaired) electrons.